The summed E-state index contributed by atoms with van der Waals surface area (Å²) in [5.74, 6) is 0.112. The number of benzene rings is 2. The van der Waals surface area contributed by atoms with Crippen molar-refractivity contribution < 1.29 is 13.2 Å². The fraction of sp³-hybridized carbons (Fsp3) is 0.480. The highest BCUT2D eigenvalue weighted by molar-refractivity contribution is 7.91. The van der Waals surface area contributed by atoms with E-state index in [1.807, 2.05) is 0 Å². The quantitative estimate of drug-likeness (QED) is 0.768. The van der Waals surface area contributed by atoms with E-state index in [0.29, 0.717) is 25.4 Å². The maximum atomic E-state index is 12.7. The summed E-state index contributed by atoms with van der Waals surface area (Å²) in [6, 6.07) is 17.3. The summed E-state index contributed by atoms with van der Waals surface area (Å²) in [4.78, 5) is 14.4. The molecule has 0 bridgehead atoms. The predicted octanol–water partition coefficient (Wildman–Crippen LogP) is 3.78. The Morgan fingerprint density at radius 2 is 1.71 bits per heavy atom. The molecule has 5 nitrogen and oxygen atoms in total. The van der Waals surface area contributed by atoms with Crippen LogP contribution in [0.5, 0.6) is 0 Å². The first-order valence-corrected chi connectivity index (χ1v) is 12.9. The maximum Gasteiger partial charge on any atom is 0.225 e. The van der Waals surface area contributed by atoms with Crippen LogP contribution in [0.1, 0.15) is 43.4 Å². The Balaban J connectivity index is 1.35. The van der Waals surface area contributed by atoms with Crippen molar-refractivity contribution in [1.29, 1.82) is 0 Å². The Morgan fingerprint density at radius 3 is 2.35 bits per heavy atom. The molecule has 1 N–H and O–H groups in total. The molecule has 6 heteroatoms. The van der Waals surface area contributed by atoms with Crippen LogP contribution in [0, 0.1) is 5.92 Å². The van der Waals surface area contributed by atoms with E-state index in [1.165, 1.54) is 11.1 Å². The fourth-order valence-corrected chi connectivity index (χ4v) is 6.42. The molecule has 1 fully saturated rings. The molecule has 166 valence electrons. The molecule has 2 aromatic carbocycles. The summed E-state index contributed by atoms with van der Waals surface area (Å²) < 4.78 is 23.2. The first kappa shape index (κ1) is 21.9. The van der Waals surface area contributed by atoms with Gasteiger partial charge in [0.25, 0.3) is 0 Å². The van der Waals surface area contributed by atoms with E-state index < -0.39 is 9.84 Å². The van der Waals surface area contributed by atoms with Crippen LogP contribution < -0.4 is 5.32 Å². The molecule has 1 amide bonds. The monoisotopic (exact) mass is 440 g/mol. The first-order valence-electron chi connectivity index (χ1n) is 11.0. The number of fused-ring (bicyclic) bond motifs is 1. The van der Waals surface area contributed by atoms with Crippen molar-refractivity contribution in [3.8, 4) is 0 Å². The number of carbonyl (C=O) groups excluding carboxylic acids is 1. The normalized spacial score (nSPS) is 22.0. The molecule has 4 rings (SSSR count). The Labute approximate surface area is 185 Å². The van der Waals surface area contributed by atoms with Gasteiger partial charge in [0.2, 0.25) is 5.91 Å². The van der Waals surface area contributed by atoms with Gasteiger partial charge in [0, 0.05) is 36.7 Å². The molecule has 2 aromatic rings. The second-order valence-corrected chi connectivity index (χ2v) is 11.9. The molecule has 0 spiro atoms. The third-order valence-electron chi connectivity index (χ3n) is 7.00. The summed E-state index contributed by atoms with van der Waals surface area (Å²) in [6.45, 7) is 5.12. The molecule has 0 aromatic heterocycles. The zero-order valence-corrected chi connectivity index (χ0v) is 19.4. The number of rotatable bonds is 5. The van der Waals surface area contributed by atoms with Gasteiger partial charge in [0.1, 0.15) is 9.84 Å². The third-order valence-corrected chi connectivity index (χ3v) is 8.72. The molecule has 1 atom stereocenters. The molecule has 1 unspecified atom stereocenters. The largest absolute Gasteiger partial charge is 0.381 e. The maximum absolute atomic E-state index is 12.7. The lowest BCUT2D eigenvalue weighted by atomic mass is 9.83. The van der Waals surface area contributed by atoms with Crippen molar-refractivity contribution in [1.82, 2.24) is 4.90 Å². The van der Waals surface area contributed by atoms with Gasteiger partial charge in [-0.15, -0.1) is 0 Å². The summed E-state index contributed by atoms with van der Waals surface area (Å²) in [5.41, 5.74) is 5.05. The van der Waals surface area contributed by atoms with Gasteiger partial charge in [-0.2, -0.15) is 0 Å². The third kappa shape index (κ3) is 4.64. The minimum atomic E-state index is -2.95. The van der Waals surface area contributed by atoms with Crippen LogP contribution in [-0.2, 0) is 33.0 Å². The lowest BCUT2D eigenvalue weighted by Crippen LogP contribution is -2.37. The number of hydrogen-bond donors (Lipinski definition) is 1. The summed E-state index contributed by atoms with van der Waals surface area (Å²) in [5, 5.41) is 3.70. The van der Waals surface area contributed by atoms with E-state index in [4.69, 9.17) is 0 Å². The second-order valence-electron chi connectivity index (χ2n) is 9.60. The highest BCUT2D eigenvalue weighted by atomic mass is 32.2. The van der Waals surface area contributed by atoms with Crippen LogP contribution in [0.15, 0.2) is 48.5 Å². The van der Waals surface area contributed by atoms with E-state index in [1.54, 1.807) is 11.9 Å². The SMILES string of the molecule is CN(Cc1ccc(NC2Cc3ccccc3C2(C)C)cc1)C(=O)C1CCS(=O)(=O)CC1. The van der Waals surface area contributed by atoms with Gasteiger partial charge >= 0.3 is 0 Å². The van der Waals surface area contributed by atoms with Gasteiger partial charge in [-0.1, -0.05) is 50.2 Å². The molecule has 31 heavy (non-hydrogen) atoms. The Kier molecular flexibility index (Phi) is 5.86. The standard InChI is InChI=1S/C25H32N2O3S/c1-25(2)22-7-5-4-6-20(22)16-23(25)26-21-10-8-18(9-11-21)17-27(3)24(28)19-12-14-31(29,30)15-13-19/h4-11,19,23,26H,12-17H2,1-3H3. The summed E-state index contributed by atoms with van der Waals surface area (Å²) in [7, 11) is -1.15. The number of hydrogen-bond acceptors (Lipinski definition) is 4. The van der Waals surface area contributed by atoms with E-state index in [-0.39, 0.29) is 28.7 Å². The van der Waals surface area contributed by atoms with Gasteiger partial charge in [0.05, 0.1) is 11.5 Å². The van der Waals surface area contributed by atoms with Crippen molar-refractivity contribution in [3.05, 3.63) is 65.2 Å². The zero-order valence-electron chi connectivity index (χ0n) is 18.6. The van der Waals surface area contributed by atoms with Gasteiger partial charge < -0.3 is 10.2 Å². The predicted molar refractivity (Wildman–Crippen MR) is 125 cm³/mol. The lowest BCUT2D eigenvalue weighted by Gasteiger charge is -2.30. The van der Waals surface area contributed by atoms with Crippen LogP contribution in [0.3, 0.4) is 0 Å². The van der Waals surface area contributed by atoms with E-state index >= 15 is 0 Å². The molecule has 1 aliphatic heterocycles. The highest BCUT2D eigenvalue weighted by Gasteiger charge is 2.39. The van der Waals surface area contributed by atoms with Crippen molar-refractivity contribution in [3.63, 3.8) is 0 Å². The van der Waals surface area contributed by atoms with Crippen LogP contribution >= 0.6 is 0 Å². The number of sulfone groups is 1. The zero-order chi connectivity index (χ0) is 22.2. The van der Waals surface area contributed by atoms with Crippen molar-refractivity contribution in [2.75, 3.05) is 23.9 Å². The molecule has 1 saturated heterocycles. The minimum Gasteiger partial charge on any atom is -0.381 e. The van der Waals surface area contributed by atoms with Crippen LogP contribution in [0.4, 0.5) is 5.69 Å². The number of amides is 1. The highest BCUT2D eigenvalue weighted by Crippen LogP contribution is 2.39. The van der Waals surface area contributed by atoms with Gasteiger partial charge in [-0.3, -0.25) is 4.79 Å². The van der Waals surface area contributed by atoms with Crippen LogP contribution in [-0.4, -0.2) is 43.8 Å². The van der Waals surface area contributed by atoms with Gasteiger partial charge in [-0.25, -0.2) is 8.42 Å². The van der Waals surface area contributed by atoms with E-state index in [0.717, 1.165) is 17.7 Å². The van der Waals surface area contributed by atoms with Crippen molar-refractivity contribution in [2.24, 2.45) is 5.92 Å². The molecule has 2 aliphatic rings. The Bertz CT molecular complexity index is 1050. The van der Waals surface area contributed by atoms with E-state index in [9.17, 15) is 13.2 Å². The number of carbonyl (C=O) groups is 1. The number of anilines is 1. The molecular weight excluding hydrogens is 408 g/mol. The summed E-state index contributed by atoms with van der Waals surface area (Å²) in [6.07, 6.45) is 1.89. The lowest BCUT2D eigenvalue weighted by molar-refractivity contribution is -0.135. The number of nitrogens with one attached hydrogen (secondary N) is 1. The fourth-order valence-electron chi connectivity index (χ4n) is 4.93. The minimum absolute atomic E-state index is 0.0440. The van der Waals surface area contributed by atoms with Gasteiger partial charge in [-0.05, 0) is 48.1 Å². The van der Waals surface area contributed by atoms with E-state index in [2.05, 4.69) is 67.7 Å². The molecule has 1 heterocycles. The first-order chi connectivity index (χ1) is 14.7. The van der Waals surface area contributed by atoms with Gasteiger partial charge in [0.15, 0.2) is 0 Å². The number of nitrogens with zero attached hydrogens (tertiary/aromatic N) is 1. The Morgan fingerprint density at radius 1 is 1.06 bits per heavy atom. The Hall–Kier alpha value is -2.34. The second kappa shape index (κ2) is 8.30. The van der Waals surface area contributed by atoms with Crippen molar-refractivity contribution >= 4 is 21.4 Å². The van der Waals surface area contributed by atoms with Crippen molar-refractivity contribution in [2.45, 2.75) is 51.1 Å². The molecular formula is C25H32N2O3S. The van der Waals surface area contributed by atoms with Crippen LogP contribution in [0.2, 0.25) is 0 Å². The average molecular weight is 441 g/mol. The molecule has 1 aliphatic carbocycles. The summed E-state index contributed by atoms with van der Waals surface area (Å²) >= 11 is 0. The molecule has 0 radical (unpaired) electrons. The van der Waals surface area contributed by atoms with Crippen LogP contribution in [0.25, 0.3) is 0 Å². The topological polar surface area (TPSA) is 66.5 Å². The molecule has 0 saturated carbocycles. The average Bonchev–Trinajstić information content (AvgIpc) is 2.99. The smallest absolute Gasteiger partial charge is 0.225 e.